The number of carbonyl (C=O) groups excluding carboxylic acids is 4. The number of hydrogen-bond acceptors (Lipinski definition) is 15. The molecule has 0 rings (SSSR count). The summed E-state index contributed by atoms with van der Waals surface area (Å²) in [6.07, 6.45) is 48.8. The number of ether oxygens (including phenoxy) is 4. The lowest BCUT2D eigenvalue weighted by molar-refractivity contribution is -0.161. The minimum Gasteiger partial charge on any atom is -0.462 e. The molecule has 0 aliphatic carbocycles. The van der Waals surface area contributed by atoms with Gasteiger partial charge in [0.1, 0.15) is 19.3 Å². The van der Waals surface area contributed by atoms with Gasteiger partial charge < -0.3 is 33.8 Å². The molecule has 0 aromatic carbocycles. The molecule has 3 N–H and O–H groups in total. The first-order valence-electron chi connectivity index (χ1n) is 38.7. The molecule has 0 heterocycles. The summed E-state index contributed by atoms with van der Waals surface area (Å²) in [7, 11) is -9.91. The minimum absolute atomic E-state index is 0.104. The van der Waals surface area contributed by atoms with Crippen LogP contribution in [0.4, 0.5) is 0 Å². The lowest BCUT2D eigenvalue weighted by Crippen LogP contribution is -2.30. The molecule has 0 saturated carbocycles. The van der Waals surface area contributed by atoms with Crippen LogP contribution in [0.5, 0.6) is 0 Å². The van der Waals surface area contributed by atoms with Gasteiger partial charge >= 0.3 is 39.5 Å². The fourth-order valence-electron chi connectivity index (χ4n) is 11.4. The number of hydrogen-bond donors (Lipinski definition) is 3. The van der Waals surface area contributed by atoms with E-state index < -0.39 is 97.5 Å². The van der Waals surface area contributed by atoms with Crippen molar-refractivity contribution >= 4 is 39.5 Å². The largest absolute Gasteiger partial charge is 0.472 e. The maximum absolute atomic E-state index is 13.0. The Bertz CT molecular complexity index is 1850. The molecule has 0 fully saturated rings. The fraction of sp³-hybridized carbons (Fsp3) is 0.947. The maximum Gasteiger partial charge on any atom is 0.472 e. The average Bonchev–Trinajstić information content (AvgIpc) is 1.52. The summed E-state index contributed by atoms with van der Waals surface area (Å²) >= 11 is 0. The van der Waals surface area contributed by atoms with Crippen LogP contribution in [0, 0.1) is 23.7 Å². The van der Waals surface area contributed by atoms with Crippen LogP contribution in [-0.4, -0.2) is 96.7 Å². The van der Waals surface area contributed by atoms with Crippen molar-refractivity contribution in [2.75, 3.05) is 39.6 Å². The van der Waals surface area contributed by atoms with Crippen molar-refractivity contribution < 1.29 is 80.2 Å². The first-order valence-corrected chi connectivity index (χ1v) is 41.7. The van der Waals surface area contributed by atoms with E-state index in [1.165, 1.54) is 173 Å². The average molecular weight is 1380 g/mol. The van der Waals surface area contributed by atoms with E-state index in [0.717, 1.165) is 114 Å². The van der Waals surface area contributed by atoms with Gasteiger partial charge in [-0.1, -0.05) is 325 Å². The Balaban J connectivity index is 5.19. The van der Waals surface area contributed by atoms with Gasteiger partial charge in [-0.25, -0.2) is 9.13 Å². The zero-order valence-electron chi connectivity index (χ0n) is 61.6. The third-order valence-electron chi connectivity index (χ3n) is 17.3. The predicted octanol–water partition coefficient (Wildman–Crippen LogP) is 21.7. The van der Waals surface area contributed by atoms with Gasteiger partial charge in [0.25, 0.3) is 0 Å². The normalized spacial score (nSPS) is 14.2. The van der Waals surface area contributed by atoms with E-state index in [9.17, 15) is 43.2 Å². The molecule has 3 unspecified atom stereocenters. The number of esters is 4. The molecule has 0 spiro atoms. The quantitative estimate of drug-likeness (QED) is 0.0222. The van der Waals surface area contributed by atoms with E-state index in [2.05, 4.69) is 55.4 Å². The molecule has 0 aliphatic heterocycles. The number of carbonyl (C=O) groups is 4. The summed E-state index contributed by atoms with van der Waals surface area (Å²) < 4.78 is 68.4. The Morgan fingerprint density at radius 1 is 0.266 bits per heavy atom. The summed E-state index contributed by atoms with van der Waals surface area (Å²) in [5.74, 6) is 0.866. The van der Waals surface area contributed by atoms with Gasteiger partial charge in [-0.05, 0) is 49.4 Å². The molecule has 0 aromatic heterocycles. The van der Waals surface area contributed by atoms with Crippen LogP contribution < -0.4 is 0 Å². The second kappa shape index (κ2) is 64.4. The molecule has 0 aliphatic rings. The van der Waals surface area contributed by atoms with Crippen LogP contribution >= 0.6 is 15.6 Å². The van der Waals surface area contributed by atoms with Crippen molar-refractivity contribution in [3.05, 3.63) is 0 Å². The zero-order chi connectivity index (χ0) is 69.6. The topological polar surface area (TPSA) is 237 Å². The molecule has 0 bridgehead atoms. The van der Waals surface area contributed by atoms with Crippen molar-refractivity contribution in [3.63, 3.8) is 0 Å². The zero-order valence-corrected chi connectivity index (χ0v) is 63.4. The highest BCUT2D eigenvalue weighted by atomic mass is 31.2. The maximum atomic E-state index is 13.0. The smallest absolute Gasteiger partial charge is 0.462 e. The minimum atomic E-state index is -4.95. The van der Waals surface area contributed by atoms with E-state index in [-0.39, 0.29) is 25.7 Å². The lowest BCUT2D eigenvalue weighted by atomic mass is 10.0. The Morgan fingerprint density at radius 3 is 0.660 bits per heavy atom. The summed E-state index contributed by atoms with van der Waals surface area (Å²) in [5.41, 5.74) is 0. The molecular weight excluding hydrogens is 1230 g/mol. The SMILES string of the molecule is CC(C)CCCCCCCCCCCCCCCCCC(=O)O[C@H](COC(=O)CCCCCCCCC(C)C)COP(=O)(O)OCC(O)COP(=O)(O)OC[C@@H](COC(=O)CCCCCCCCCCCCCCCC(C)C)OC(=O)CCCCCCCCCCC(C)C. The molecule has 19 heteroatoms. The number of phosphoric acid groups is 2. The van der Waals surface area contributed by atoms with E-state index in [0.29, 0.717) is 31.6 Å². The summed E-state index contributed by atoms with van der Waals surface area (Å²) in [4.78, 5) is 72.7. The first-order chi connectivity index (χ1) is 45.1. The Labute approximate surface area is 575 Å². The molecule has 17 nitrogen and oxygen atoms in total. The van der Waals surface area contributed by atoms with Crippen LogP contribution in [0.2, 0.25) is 0 Å². The Morgan fingerprint density at radius 2 is 0.447 bits per heavy atom. The van der Waals surface area contributed by atoms with Gasteiger partial charge in [0, 0.05) is 25.7 Å². The third-order valence-corrected chi connectivity index (χ3v) is 19.2. The molecule has 0 radical (unpaired) electrons. The Hall–Kier alpha value is -1.94. The van der Waals surface area contributed by atoms with Gasteiger partial charge in [-0.2, -0.15) is 0 Å². The first kappa shape index (κ1) is 92.1. The highest BCUT2D eigenvalue weighted by Crippen LogP contribution is 2.45. The van der Waals surface area contributed by atoms with Crippen molar-refractivity contribution in [1.82, 2.24) is 0 Å². The number of rotatable bonds is 72. The summed E-state index contributed by atoms with van der Waals surface area (Å²) in [6.45, 7) is 14.1. The fourth-order valence-corrected chi connectivity index (χ4v) is 13.0. The molecule has 5 atom stereocenters. The monoisotopic (exact) mass is 1380 g/mol. The van der Waals surface area contributed by atoms with Crippen molar-refractivity contribution in [1.29, 1.82) is 0 Å². The highest BCUT2D eigenvalue weighted by Gasteiger charge is 2.30. The number of unbranched alkanes of at least 4 members (excludes halogenated alkanes) is 38. The molecular formula is C75H146O17P2. The Kier molecular flexibility index (Phi) is 63.1. The van der Waals surface area contributed by atoms with E-state index in [4.69, 9.17) is 37.0 Å². The van der Waals surface area contributed by atoms with Crippen molar-refractivity contribution in [3.8, 4) is 0 Å². The summed E-state index contributed by atoms with van der Waals surface area (Å²) in [6, 6.07) is 0. The summed E-state index contributed by atoms with van der Waals surface area (Å²) in [5, 5.41) is 10.6. The van der Waals surface area contributed by atoms with Gasteiger partial charge in [0.05, 0.1) is 26.4 Å². The van der Waals surface area contributed by atoms with E-state index >= 15 is 0 Å². The van der Waals surface area contributed by atoms with Crippen LogP contribution in [0.3, 0.4) is 0 Å². The van der Waals surface area contributed by atoms with Gasteiger partial charge in [-0.15, -0.1) is 0 Å². The molecule has 94 heavy (non-hydrogen) atoms. The van der Waals surface area contributed by atoms with Crippen LogP contribution in [0.15, 0.2) is 0 Å². The van der Waals surface area contributed by atoms with Crippen LogP contribution in [0.1, 0.15) is 376 Å². The second-order valence-corrected chi connectivity index (χ2v) is 31.9. The van der Waals surface area contributed by atoms with Gasteiger partial charge in [0.15, 0.2) is 12.2 Å². The van der Waals surface area contributed by atoms with Gasteiger partial charge in [0.2, 0.25) is 0 Å². The third kappa shape index (κ3) is 68.6. The van der Waals surface area contributed by atoms with Crippen molar-refractivity contribution in [2.24, 2.45) is 23.7 Å². The molecule has 0 amide bonds. The predicted molar refractivity (Wildman–Crippen MR) is 381 cm³/mol. The van der Waals surface area contributed by atoms with Crippen LogP contribution in [-0.2, 0) is 65.4 Å². The second-order valence-electron chi connectivity index (χ2n) is 28.9. The number of aliphatic hydroxyl groups excluding tert-OH is 1. The number of phosphoric ester groups is 2. The lowest BCUT2D eigenvalue weighted by Gasteiger charge is -2.21. The van der Waals surface area contributed by atoms with E-state index in [1.54, 1.807) is 0 Å². The van der Waals surface area contributed by atoms with Crippen LogP contribution in [0.25, 0.3) is 0 Å². The van der Waals surface area contributed by atoms with Gasteiger partial charge in [-0.3, -0.25) is 37.3 Å². The standard InChI is InChI=1S/C75H146O17P2/c1-65(2)51-43-35-27-21-17-13-10-9-11-15-20-24-31-41-49-57-74(79)91-71(62-86-73(78)56-48-40-34-33-38-46-54-68(7)8)64-90-94(83,84)88-60-69(76)59-87-93(81,82)89-63-70(92-75(80)58-50-42-32-26-25-29-37-45-53-67(5)6)61-85-72(77)55-47-39-30-23-19-16-12-14-18-22-28-36-44-52-66(3)4/h65-71,76H,9-64H2,1-8H3,(H,81,82)(H,83,84)/t69?,70-,71-/m1/s1. The van der Waals surface area contributed by atoms with Crippen molar-refractivity contribution in [2.45, 2.75) is 395 Å². The number of aliphatic hydroxyl groups is 1. The molecule has 0 saturated heterocycles. The van der Waals surface area contributed by atoms with E-state index in [1.807, 2.05) is 0 Å². The molecule has 558 valence electrons. The highest BCUT2D eigenvalue weighted by molar-refractivity contribution is 7.47. The molecule has 0 aromatic rings.